The predicted molar refractivity (Wildman–Crippen MR) is 84.8 cm³/mol. The minimum Gasteiger partial charge on any atom is -0.456 e. The van der Waals surface area contributed by atoms with Gasteiger partial charge in [-0.05, 0) is 42.7 Å². The minimum atomic E-state index is 0. The lowest BCUT2D eigenvalue weighted by atomic mass is 9.98. The standard InChI is InChI=1S/C16H24N2O2.ClH/c1-3-10-7-15(20-14(10)4-2)16(19)18-8-11-5-6-13(17)12(11)9-18;/h7,11-13H,3-6,8-9,17H2,1-2H3;1H. The summed E-state index contributed by atoms with van der Waals surface area (Å²) < 4.78 is 5.76. The molecule has 4 nitrogen and oxygen atoms in total. The summed E-state index contributed by atoms with van der Waals surface area (Å²) in [6.07, 6.45) is 4.02. The Labute approximate surface area is 132 Å². The highest BCUT2D eigenvalue weighted by Crippen LogP contribution is 2.37. The van der Waals surface area contributed by atoms with E-state index in [1.807, 2.05) is 11.0 Å². The van der Waals surface area contributed by atoms with E-state index in [2.05, 4.69) is 13.8 Å². The van der Waals surface area contributed by atoms with Crippen molar-refractivity contribution >= 4 is 18.3 Å². The van der Waals surface area contributed by atoms with E-state index in [-0.39, 0.29) is 24.4 Å². The molecule has 3 unspecified atom stereocenters. The van der Waals surface area contributed by atoms with Crippen LogP contribution in [0.2, 0.25) is 0 Å². The molecule has 0 spiro atoms. The lowest BCUT2D eigenvalue weighted by molar-refractivity contribution is 0.0746. The largest absolute Gasteiger partial charge is 0.456 e. The summed E-state index contributed by atoms with van der Waals surface area (Å²) in [6, 6.07) is 2.20. The van der Waals surface area contributed by atoms with Crippen LogP contribution >= 0.6 is 12.4 Å². The fourth-order valence-corrected chi connectivity index (χ4v) is 3.80. The van der Waals surface area contributed by atoms with Gasteiger partial charge in [-0.3, -0.25) is 4.79 Å². The number of amides is 1. The molecule has 5 heteroatoms. The summed E-state index contributed by atoms with van der Waals surface area (Å²) in [6.45, 7) is 5.80. The first-order valence-corrected chi connectivity index (χ1v) is 7.80. The molecule has 1 aliphatic heterocycles. The third-order valence-corrected chi connectivity index (χ3v) is 5.01. The smallest absolute Gasteiger partial charge is 0.289 e. The average molecular weight is 313 g/mol. The molecule has 3 rings (SSSR count). The highest BCUT2D eigenvalue weighted by molar-refractivity contribution is 5.92. The van der Waals surface area contributed by atoms with E-state index in [4.69, 9.17) is 10.2 Å². The Morgan fingerprint density at radius 1 is 1.33 bits per heavy atom. The van der Waals surface area contributed by atoms with Crippen LogP contribution in [-0.4, -0.2) is 29.9 Å². The first kappa shape index (κ1) is 16.4. The number of nitrogens with two attached hydrogens (primary N) is 1. The summed E-state index contributed by atoms with van der Waals surface area (Å²) >= 11 is 0. The number of furan rings is 1. The van der Waals surface area contributed by atoms with Gasteiger partial charge in [0.1, 0.15) is 5.76 Å². The molecule has 2 aliphatic rings. The molecule has 1 aromatic heterocycles. The van der Waals surface area contributed by atoms with Gasteiger partial charge in [0.05, 0.1) is 0 Å². The number of carbonyl (C=O) groups excluding carboxylic acids is 1. The van der Waals surface area contributed by atoms with Gasteiger partial charge in [0.2, 0.25) is 0 Å². The van der Waals surface area contributed by atoms with E-state index in [0.717, 1.165) is 50.1 Å². The third kappa shape index (κ3) is 2.84. The zero-order valence-corrected chi connectivity index (χ0v) is 13.6. The maximum absolute atomic E-state index is 12.6. The molecule has 1 aromatic rings. The lowest BCUT2D eigenvalue weighted by Crippen LogP contribution is -2.33. The van der Waals surface area contributed by atoms with Crippen LogP contribution in [-0.2, 0) is 12.8 Å². The summed E-state index contributed by atoms with van der Waals surface area (Å²) in [5.74, 6) is 2.59. The lowest BCUT2D eigenvalue weighted by Gasteiger charge is -2.17. The van der Waals surface area contributed by atoms with Gasteiger partial charge in [0, 0.05) is 25.6 Å². The monoisotopic (exact) mass is 312 g/mol. The molecule has 2 fully saturated rings. The minimum absolute atomic E-state index is 0. The number of likely N-dealkylation sites (tertiary alicyclic amines) is 1. The van der Waals surface area contributed by atoms with E-state index in [1.54, 1.807) is 0 Å². The molecule has 1 aliphatic carbocycles. The Morgan fingerprint density at radius 2 is 2.10 bits per heavy atom. The van der Waals surface area contributed by atoms with Gasteiger partial charge in [-0.1, -0.05) is 13.8 Å². The molecule has 0 radical (unpaired) electrons. The van der Waals surface area contributed by atoms with Crippen molar-refractivity contribution in [2.45, 2.75) is 45.6 Å². The second-order valence-corrected chi connectivity index (χ2v) is 6.14. The zero-order chi connectivity index (χ0) is 14.3. The van der Waals surface area contributed by atoms with Crippen molar-refractivity contribution in [1.29, 1.82) is 0 Å². The Kier molecular flexibility index (Phi) is 4.99. The van der Waals surface area contributed by atoms with Gasteiger partial charge < -0.3 is 15.1 Å². The Hall–Kier alpha value is -1.00. The summed E-state index contributed by atoms with van der Waals surface area (Å²) in [5.41, 5.74) is 7.29. The number of nitrogens with zero attached hydrogens (tertiary/aromatic N) is 1. The topological polar surface area (TPSA) is 59.5 Å². The summed E-state index contributed by atoms with van der Waals surface area (Å²) in [4.78, 5) is 14.5. The molecule has 3 atom stereocenters. The van der Waals surface area contributed by atoms with Gasteiger partial charge in [0.15, 0.2) is 5.76 Å². The Bertz CT molecular complexity index is 493. The normalized spacial score (nSPS) is 27.6. The van der Waals surface area contributed by atoms with Crippen LogP contribution in [0, 0.1) is 11.8 Å². The molecule has 2 heterocycles. The van der Waals surface area contributed by atoms with E-state index in [1.165, 1.54) is 0 Å². The molecule has 1 amide bonds. The van der Waals surface area contributed by atoms with Crippen molar-refractivity contribution in [2.75, 3.05) is 13.1 Å². The third-order valence-electron chi connectivity index (χ3n) is 5.01. The number of rotatable bonds is 3. The second kappa shape index (κ2) is 6.41. The highest BCUT2D eigenvalue weighted by Gasteiger charge is 2.43. The van der Waals surface area contributed by atoms with Gasteiger partial charge in [-0.15, -0.1) is 12.4 Å². The SMILES string of the molecule is CCc1cc(C(=O)N2CC3CCC(N)C3C2)oc1CC.Cl. The van der Waals surface area contributed by atoms with Crippen LogP contribution in [0.5, 0.6) is 0 Å². The maximum Gasteiger partial charge on any atom is 0.289 e. The first-order valence-electron chi connectivity index (χ1n) is 7.80. The van der Waals surface area contributed by atoms with E-state index in [9.17, 15) is 4.79 Å². The zero-order valence-electron chi connectivity index (χ0n) is 12.8. The molecule has 1 saturated heterocycles. The van der Waals surface area contributed by atoms with Crippen LogP contribution in [0.15, 0.2) is 10.5 Å². The highest BCUT2D eigenvalue weighted by atomic mass is 35.5. The van der Waals surface area contributed by atoms with Crippen molar-refractivity contribution < 1.29 is 9.21 Å². The maximum atomic E-state index is 12.6. The Morgan fingerprint density at radius 3 is 2.67 bits per heavy atom. The molecule has 21 heavy (non-hydrogen) atoms. The van der Waals surface area contributed by atoms with Crippen molar-refractivity contribution in [3.63, 3.8) is 0 Å². The second-order valence-electron chi connectivity index (χ2n) is 6.14. The molecular formula is C16H25ClN2O2. The van der Waals surface area contributed by atoms with Gasteiger partial charge in [-0.2, -0.15) is 0 Å². The predicted octanol–water partition coefficient (Wildman–Crippen LogP) is 2.64. The van der Waals surface area contributed by atoms with Crippen LogP contribution in [0.3, 0.4) is 0 Å². The van der Waals surface area contributed by atoms with E-state index < -0.39 is 0 Å². The fourth-order valence-electron chi connectivity index (χ4n) is 3.80. The molecule has 0 aromatic carbocycles. The van der Waals surface area contributed by atoms with Crippen molar-refractivity contribution in [1.82, 2.24) is 4.90 Å². The van der Waals surface area contributed by atoms with Crippen molar-refractivity contribution in [3.05, 3.63) is 23.2 Å². The number of aryl methyl sites for hydroxylation is 2. The van der Waals surface area contributed by atoms with Crippen LogP contribution in [0.1, 0.15) is 48.6 Å². The number of hydrogen-bond donors (Lipinski definition) is 1. The molecular weight excluding hydrogens is 288 g/mol. The molecule has 118 valence electrons. The molecule has 2 N–H and O–H groups in total. The number of fused-ring (bicyclic) bond motifs is 1. The van der Waals surface area contributed by atoms with Crippen LogP contribution in [0.4, 0.5) is 0 Å². The number of hydrogen-bond acceptors (Lipinski definition) is 3. The summed E-state index contributed by atoms with van der Waals surface area (Å²) in [5, 5.41) is 0. The summed E-state index contributed by atoms with van der Waals surface area (Å²) in [7, 11) is 0. The fraction of sp³-hybridized carbons (Fsp3) is 0.688. The quantitative estimate of drug-likeness (QED) is 0.933. The van der Waals surface area contributed by atoms with Crippen molar-refractivity contribution in [2.24, 2.45) is 17.6 Å². The van der Waals surface area contributed by atoms with Gasteiger partial charge in [-0.25, -0.2) is 0 Å². The first-order chi connectivity index (χ1) is 9.63. The van der Waals surface area contributed by atoms with E-state index >= 15 is 0 Å². The Balaban J connectivity index is 0.00000161. The molecule has 0 bridgehead atoms. The van der Waals surface area contributed by atoms with E-state index in [0.29, 0.717) is 17.6 Å². The van der Waals surface area contributed by atoms with Crippen LogP contribution in [0.25, 0.3) is 0 Å². The molecule has 1 saturated carbocycles. The van der Waals surface area contributed by atoms with Crippen LogP contribution < -0.4 is 5.73 Å². The van der Waals surface area contributed by atoms with Gasteiger partial charge in [0.25, 0.3) is 5.91 Å². The van der Waals surface area contributed by atoms with Gasteiger partial charge >= 0.3 is 0 Å². The number of halogens is 1. The number of carbonyl (C=O) groups is 1. The van der Waals surface area contributed by atoms with Crippen molar-refractivity contribution in [3.8, 4) is 0 Å². The average Bonchev–Trinajstić information content (AvgIpc) is 3.13.